The van der Waals surface area contributed by atoms with E-state index in [0.29, 0.717) is 10.7 Å². The molecule has 1 atom stereocenters. The number of anilines is 2. The van der Waals surface area contributed by atoms with Gasteiger partial charge in [0.2, 0.25) is 0 Å². The van der Waals surface area contributed by atoms with Crippen LogP contribution in [-0.4, -0.2) is 0 Å². The van der Waals surface area contributed by atoms with Crippen LogP contribution in [0.1, 0.15) is 18.5 Å². The fraction of sp³-hybridized carbons (Fsp3) is 0.143. The molecule has 0 aliphatic carbocycles. The van der Waals surface area contributed by atoms with Crippen LogP contribution in [0, 0.1) is 5.82 Å². The normalized spacial score (nSPS) is 12.2. The van der Waals surface area contributed by atoms with Gasteiger partial charge in [-0.15, -0.1) is 0 Å². The molecule has 2 aromatic rings. The zero-order valence-corrected chi connectivity index (χ0v) is 10.7. The molecule has 0 bridgehead atoms. The Hall–Kier alpha value is -1.74. The van der Waals surface area contributed by atoms with Crippen LogP contribution in [0.25, 0.3) is 0 Å². The highest BCUT2D eigenvalue weighted by Gasteiger charge is 2.07. The number of hydrogen-bond donors (Lipinski definition) is 2. The number of nitrogens with two attached hydrogens (primary N) is 1. The molecule has 0 aliphatic heterocycles. The fourth-order valence-electron chi connectivity index (χ4n) is 1.73. The number of halogens is 2. The summed E-state index contributed by atoms with van der Waals surface area (Å²) in [5.74, 6) is -0.336. The standard InChI is InChI=1S/C14H14ClFN2/c1-9(10-2-4-11(15)5-3-10)18-14-7-6-12(16)8-13(14)17/h2-9,18H,17H2,1H3. The maximum atomic E-state index is 12.9. The highest BCUT2D eigenvalue weighted by atomic mass is 35.5. The SMILES string of the molecule is CC(Nc1ccc(F)cc1N)c1ccc(Cl)cc1. The maximum Gasteiger partial charge on any atom is 0.125 e. The molecule has 4 heteroatoms. The van der Waals surface area contributed by atoms with Gasteiger partial charge in [-0.3, -0.25) is 0 Å². The smallest absolute Gasteiger partial charge is 0.125 e. The quantitative estimate of drug-likeness (QED) is 0.814. The van der Waals surface area contributed by atoms with Gasteiger partial charge in [0.25, 0.3) is 0 Å². The molecule has 0 amide bonds. The third-order valence-electron chi connectivity index (χ3n) is 2.76. The monoisotopic (exact) mass is 264 g/mol. The minimum Gasteiger partial charge on any atom is -0.397 e. The van der Waals surface area contributed by atoms with Gasteiger partial charge < -0.3 is 11.1 Å². The highest BCUT2D eigenvalue weighted by molar-refractivity contribution is 6.30. The number of hydrogen-bond acceptors (Lipinski definition) is 2. The van der Waals surface area contributed by atoms with Crippen molar-refractivity contribution in [1.82, 2.24) is 0 Å². The first-order valence-electron chi connectivity index (χ1n) is 5.63. The average Bonchev–Trinajstić information content (AvgIpc) is 2.33. The van der Waals surface area contributed by atoms with Crippen LogP contribution in [0.4, 0.5) is 15.8 Å². The Bertz CT molecular complexity index is 540. The molecular weight excluding hydrogens is 251 g/mol. The van der Waals surface area contributed by atoms with Gasteiger partial charge in [0.1, 0.15) is 5.82 Å². The van der Waals surface area contributed by atoms with Crippen LogP contribution in [0.15, 0.2) is 42.5 Å². The van der Waals surface area contributed by atoms with Crippen LogP contribution in [0.5, 0.6) is 0 Å². The summed E-state index contributed by atoms with van der Waals surface area (Å²) in [6.07, 6.45) is 0. The van der Waals surface area contributed by atoms with Crippen molar-refractivity contribution in [3.05, 3.63) is 58.9 Å². The highest BCUT2D eigenvalue weighted by Crippen LogP contribution is 2.25. The van der Waals surface area contributed by atoms with Gasteiger partial charge >= 0.3 is 0 Å². The predicted octanol–water partition coefficient (Wildman–Crippen LogP) is 4.23. The fourth-order valence-corrected chi connectivity index (χ4v) is 1.86. The van der Waals surface area contributed by atoms with Crippen molar-refractivity contribution in [3.8, 4) is 0 Å². The first-order chi connectivity index (χ1) is 8.56. The van der Waals surface area contributed by atoms with E-state index in [1.165, 1.54) is 12.1 Å². The summed E-state index contributed by atoms with van der Waals surface area (Å²) in [4.78, 5) is 0. The molecule has 2 rings (SSSR count). The van der Waals surface area contributed by atoms with Crippen LogP contribution >= 0.6 is 11.6 Å². The molecule has 0 fully saturated rings. The summed E-state index contributed by atoms with van der Waals surface area (Å²) in [6, 6.07) is 11.9. The molecule has 0 spiro atoms. The number of benzene rings is 2. The van der Waals surface area contributed by atoms with E-state index in [1.54, 1.807) is 6.07 Å². The third-order valence-corrected chi connectivity index (χ3v) is 3.01. The minimum absolute atomic E-state index is 0.0648. The van der Waals surface area contributed by atoms with E-state index < -0.39 is 0 Å². The Labute approximate surface area is 111 Å². The van der Waals surface area contributed by atoms with Gasteiger partial charge in [0, 0.05) is 11.1 Å². The molecule has 2 aromatic carbocycles. The summed E-state index contributed by atoms with van der Waals surface area (Å²) < 4.78 is 12.9. The lowest BCUT2D eigenvalue weighted by Gasteiger charge is -2.17. The second kappa shape index (κ2) is 5.27. The zero-order valence-electron chi connectivity index (χ0n) is 9.95. The van der Waals surface area contributed by atoms with Crippen LogP contribution in [0.2, 0.25) is 5.02 Å². The van der Waals surface area contributed by atoms with E-state index in [-0.39, 0.29) is 11.9 Å². The van der Waals surface area contributed by atoms with E-state index in [4.69, 9.17) is 17.3 Å². The molecule has 18 heavy (non-hydrogen) atoms. The Morgan fingerprint density at radius 1 is 1.17 bits per heavy atom. The molecule has 3 N–H and O–H groups in total. The Morgan fingerprint density at radius 2 is 1.83 bits per heavy atom. The van der Waals surface area contributed by atoms with E-state index in [1.807, 2.05) is 31.2 Å². The molecule has 0 aromatic heterocycles. The molecule has 0 heterocycles. The van der Waals surface area contributed by atoms with Crippen LogP contribution < -0.4 is 11.1 Å². The Balaban J connectivity index is 2.15. The lowest BCUT2D eigenvalue weighted by atomic mass is 10.1. The maximum absolute atomic E-state index is 12.9. The summed E-state index contributed by atoms with van der Waals surface area (Å²) in [5, 5.41) is 3.94. The van der Waals surface area contributed by atoms with Crippen molar-refractivity contribution in [2.45, 2.75) is 13.0 Å². The van der Waals surface area contributed by atoms with Crippen LogP contribution in [-0.2, 0) is 0 Å². The topological polar surface area (TPSA) is 38.0 Å². The van der Waals surface area contributed by atoms with E-state index in [9.17, 15) is 4.39 Å². The van der Waals surface area contributed by atoms with E-state index in [0.717, 1.165) is 11.3 Å². The van der Waals surface area contributed by atoms with Crippen LogP contribution in [0.3, 0.4) is 0 Å². The van der Waals surface area contributed by atoms with Gasteiger partial charge in [-0.25, -0.2) is 4.39 Å². The van der Waals surface area contributed by atoms with Gasteiger partial charge in [-0.05, 0) is 42.8 Å². The van der Waals surface area contributed by atoms with Gasteiger partial charge in [-0.2, -0.15) is 0 Å². The van der Waals surface area contributed by atoms with Gasteiger partial charge in [-0.1, -0.05) is 23.7 Å². The van der Waals surface area contributed by atoms with Crippen molar-refractivity contribution in [1.29, 1.82) is 0 Å². The van der Waals surface area contributed by atoms with E-state index in [2.05, 4.69) is 5.32 Å². The summed E-state index contributed by atoms with van der Waals surface area (Å²) in [6.45, 7) is 2.01. The first kappa shape index (κ1) is 12.7. The molecule has 94 valence electrons. The van der Waals surface area contributed by atoms with E-state index >= 15 is 0 Å². The van der Waals surface area contributed by atoms with Crippen molar-refractivity contribution in [2.75, 3.05) is 11.1 Å². The van der Waals surface area contributed by atoms with Crippen molar-refractivity contribution in [2.24, 2.45) is 0 Å². The second-order valence-corrected chi connectivity index (χ2v) is 4.59. The van der Waals surface area contributed by atoms with Gasteiger partial charge in [0.05, 0.1) is 11.4 Å². The number of nitrogens with one attached hydrogen (secondary N) is 1. The summed E-state index contributed by atoms with van der Waals surface area (Å²) in [5.41, 5.74) is 7.95. The summed E-state index contributed by atoms with van der Waals surface area (Å²) >= 11 is 5.84. The zero-order chi connectivity index (χ0) is 13.1. The number of rotatable bonds is 3. The molecule has 0 saturated heterocycles. The summed E-state index contributed by atoms with van der Waals surface area (Å²) in [7, 11) is 0. The lowest BCUT2D eigenvalue weighted by molar-refractivity contribution is 0.628. The van der Waals surface area contributed by atoms with Crippen molar-refractivity contribution >= 4 is 23.0 Å². The lowest BCUT2D eigenvalue weighted by Crippen LogP contribution is -2.08. The van der Waals surface area contributed by atoms with Crippen molar-refractivity contribution in [3.63, 3.8) is 0 Å². The van der Waals surface area contributed by atoms with Crippen molar-refractivity contribution < 1.29 is 4.39 Å². The number of nitrogen functional groups attached to an aromatic ring is 1. The molecule has 0 radical (unpaired) electrons. The molecule has 0 aliphatic rings. The average molecular weight is 265 g/mol. The first-order valence-corrected chi connectivity index (χ1v) is 6.01. The largest absolute Gasteiger partial charge is 0.397 e. The molecule has 1 unspecified atom stereocenters. The van der Waals surface area contributed by atoms with Gasteiger partial charge in [0.15, 0.2) is 0 Å². The Morgan fingerprint density at radius 3 is 2.44 bits per heavy atom. The Kier molecular flexibility index (Phi) is 3.72. The second-order valence-electron chi connectivity index (χ2n) is 4.15. The minimum atomic E-state index is -0.336. The third kappa shape index (κ3) is 2.93. The predicted molar refractivity (Wildman–Crippen MR) is 74.3 cm³/mol. The molecule has 2 nitrogen and oxygen atoms in total. The molecular formula is C14H14ClFN2. The molecule has 0 saturated carbocycles.